The molecule has 2 aromatic carbocycles. The Kier molecular flexibility index (Phi) is 10.9. The lowest BCUT2D eigenvalue weighted by Gasteiger charge is -2.31. The van der Waals surface area contributed by atoms with E-state index >= 15 is 0 Å². The Hall–Kier alpha value is -3.95. The van der Waals surface area contributed by atoms with Crippen molar-refractivity contribution in [1.82, 2.24) is 20.7 Å². The van der Waals surface area contributed by atoms with Crippen LogP contribution in [0.5, 0.6) is 0 Å². The number of aromatic nitrogens is 1. The van der Waals surface area contributed by atoms with Crippen LogP contribution < -0.4 is 10.7 Å². The second-order valence-electron chi connectivity index (χ2n) is 11.9. The monoisotopic (exact) mass is 562 g/mol. The highest BCUT2D eigenvalue weighted by Gasteiger charge is 2.28. The van der Waals surface area contributed by atoms with E-state index in [-0.39, 0.29) is 13.1 Å². The number of nitrogens with zero attached hydrogens (tertiary/aromatic N) is 2. The van der Waals surface area contributed by atoms with E-state index in [0.29, 0.717) is 6.42 Å². The molecule has 0 saturated carbocycles. The number of hydrogen-bond acceptors (Lipinski definition) is 7. The van der Waals surface area contributed by atoms with Gasteiger partial charge < -0.3 is 19.9 Å². The second-order valence-corrected chi connectivity index (χ2v) is 11.9. The Morgan fingerprint density at radius 1 is 0.829 bits per heavy atom. The van der Waals surface area contributed by atoms with Crippen LogP contribution in [0.25, 0.3) is 11.3 Å². The van der Waals surface area contributed by atoms with E-state index in [1.165, 1.54) is 0 Å². The lowest BCUT2D eigenvalue weighted by atomic mass is 10.0. The standard InChI is InChI=1S/C32H42N4O5/c1-31(2,3)40-29(38)34-27(20-23-12-8-7-9-13-23)28(37)22-36(35-30(39)41-32(4,5)6)21-24-15-17-25(18-16-24)26-14-10-11-19-33-26/h7-19,27-28,37H,20-22H2,1-6H3,(H,34,38)(H,35,39)/t27?,28-/m0/s1. The number of nitrogens with one attached hydrogen (secondary N) is 2. The van der Waals surface area contributed by atoms with Crippen LogP contribution in [0.3, 0.4) is 0 Å². The number of ether oxygens (including phenoxy) is 2. The van der Waals surface area contributed by atoms with Gasteiger partial charge in [-0.2, -0.15) is 0 Å². The van der Waals surface area contributed by atoms with Crippen molar-refractivity contribution in [3.63, 3.8) is 0 Å². The molecule has 0 bridgehead atoms. The van der Waals surface area contributed by atoms with Gasteiger partial charge >= 0.3 is 12.2 Å². The van der Waals surface area contributed by atoms with Gasteiger partial charge in [-0.15, -0.1) is 0 Å². The van der Waals surface area contributed by atoms with Crippen LogP contribution >= 0.6 is 0 Å². The molecular weight excluding hydrogens is 520 g/mol. The van der Waals surface area contributed by atoms with Gasteiger partial charge in [0.15, 0.2) is 0 Å². The maximum absolute atomic E-state index is 12.7. The molecule has 0 aliphatic carbocycles. The SMILES string of the molecule is CC(C)(C)OC(=O)NC(Cc1ccccc1)[C@@H](O)CN(Cc1ccc(-c2ccccn2)cc1)NC(=O)OC(C)(C)C. The number of hydrogen-bond donors (Lipinski definition) is 3. The van der Waals surface area contributed by atoms with Crippen LogP contribution in [0, 0.1) is 0 Å². The van der Waals surface area contributed by atoms with Gasteiger partial charge in [0.1, 0.15) is 11.2 Å². The van der Waals surface area contributed by atoms with Crippen molar-refractivity contribution in [1.29, 1.82) is 0 Å². The average Bonchev–Trinajstić information content (AvgIpc) is 2.87. The maximum Gasteiger partial charge on any atom is 0.422 e. The van der Waals surface area contributed by atoms with Crippen LogP contribution in [0.1, 0.15) is 52.7 Å². The zero-order valence-electron chi connectivity index (χ0n) is 24.8. The molecule has 1 unspecified atom stereocenters. The normalized spacial score (nSPS) is 13.3. The molecule has 220 valence electrons. The first-order valence-electron chi connectivity index (χ1n) is 13.7. The van der Waals surface area contributed by atoms with Crippen LogP contribution in [0.2, 0.25) is 0 Å². The van der Waals surface area contributed by atoms with Gasteiger partial charge in [0.2, 0.25) is 0 Å². The summed E-state index contributed by atoms with van der Waals surface area (Å²) in [6.07, 6.45) is -0.233. The molecular formula is C32H42N4O5. The molecule has 0 saturated heterocycles. The van der Waals surface area contributed by atoms with E-state index in [0.717, 1.165) is 22.4 Å². The number of amides is 2. The molecule has 0 spiro atoms. The first-order valence-corrected chi connectivity index (χ1v) is 13.7. The van der Waals surface area contributed by atoms with Gasteiger partial charge in [0.25, 0.3) is 0 Å². The Morgan fingerprint density at radius 2 is 1.44 bits per heavy atom. The van der Waals surface area contributed by atoms with E-state index in [2.05, 4.69) is 15.7 Å². The van der Waals surface area contributed by atoms with Crippen LogP contribution in [0.15, 0.2) is 79.0 Å². The fourth-order valence-corrected chi connectivity index (χ4v) is 4.08. The highest BCUT2D eigenvalue weighted by atomic mass is 16.6. The van der Waals surface area contributed by atoms with Crippen LogP contribution in [-0.2, 0) is 22.4 Å². The number of carbonyl (C=O) groups excluding carboxylic acids is 2. The predicted molar refractivity (Wildman–Crippen MR) is 159 cm³/mol. The van der Waals surface area contributed by atoms with E-state index in [9.17, 15) is 14.7 Å². The molecule has 41 heavy (non-hydrogen) atoms. The molecule has 9 heteroatoms. The van der Waals surface area contributed by atoms with Gasteiger partial charge in [-0.1, -0.05) is 60.7 Å². The molecule has 9 nitrogen and oxygen atoms in total. The molecule has 1 aromatic heterocycles. The third kappa shape index (κ3) is 11.6. The van der Waals surface area contributed by atoms with E-state index < -0.39 is 35.5 Å². The van der Waals surface area contributed by atoms with Crippen molar-refractivity contribution in [2.45, 2.75) is 77.9 Å². The van der Waals surface area contributed by atoms with E-state index in [1.54, 1.807) is 52.7 Å². The molecule has 0 aliphatic rings. The van der Waals surface area contributed by atoms with Crippen molar-refractivity contribution >= 4 is 12.2 Å². The lowest BCUT2D eigenvalue weighted by molar-refractivity contribution is 0.0106. The summed E-state index contributed by atoms with van der Waals surface area (Å²) < 4.78 is 10.9. The van der Waals surface area contributed by atoms with Gasteiger partial charge in [0, 0.05) is 24.8 Å². The molecule has 2 amide bonds. The van der Waals surface area contributed by atoms with Crippen molar-refractivity contribution in [3.8, 4) is 11.3 Å². The van der Waals surface area contributed by atoms with Crippen molar-refractivity contribution < 1.29 is 24.2 Å². The average molecular weight is 563 g/mol. The second kappa shape index (κ2) is 14.1. The van der Waals surface area contributed by atoms with E-state index in [4.69, 9.17) is 9.47 Å². The maximum atomic E-state index is 12.7. The van der Waals surface area contributed by atoms with Crippen LogP contribution in [0.4, 0.5) is 9.59 Å². The Labute approximate surface area is 242 Å². The smallest absolute Gasteiger partial charge is 0.422 e. The summed E-state index contributed by atoms with van der Waals surface area (Å²) in [4.78, 5) is 29.8. The lowest BCUT2D eigenvalue weighted by Crippen LogP contribution is -2.54. The molecule has 0 fully saturated rings. The Bertz CT molecular complexity index is 1240. The topological polar surface area (TPSA) is 113 Å². The largest absolute Gasteiger partial charge is 0.444 e. The summed E-state index contributed by atoms with van der Waals surface area (Å²) in [5.74, 6) is 0. The molecule has 2 atom stereocenters. The van der Waals surface area contributed by atoms with Gasteiger partial charge in [-0.3, -0.25) is 10.4 Å². The number of pyridine rings is 1. The van der Waals surface area contributed by atoms with Gasteiger partial charge in [-0.05, 0) is 71.2 Å². The summed E-state index contributed by atoms with van der Waals surface area (Å²) in [6.45, 7) is 11.0. The predicted octanol–water partition coefficient (Wildman–Crippen LogP) is 5.49. The molecule has 1 heterocycles. The summed E-state index contributed by atoms with van der Waals surface area (Å²) >= 11 is 0. The zero-order chi connectivity index (χ0) is 30.0. The van der Waals surface area contributed by atoms with Crippen molar-refractivity contribution in [2.24, 2.45) is 0 Å². The van der Waals surface area contributed by atoms with Crippen molar-refractivity contribution in [3.05, 3.63) is 90.1 Å². The molecule has 0 radical (unpaired) electrons. The fraction of sp³-hybridized carbons (Fsp3) is 0.406. The van der Waals surface area contributed by atoms with E-state index in [1.807, 2.05) is 72.8 Å². The summed E-state index contributed by atoms with van der Waals surface area (Å²) in [6, 6.07) is 22.4. The number of alkyl carbamates (subject to hydrolysis) is 1. The number of aliphatic hydroxyl groups excluding tert-OH is 1. The number of aliphatic hydroxyl groups is 1. The number of carbonyl (C=O) groups is 2. The first-order chi connectivity index (χ1) is 19.3. The number of hydrazine groups is 1. The van der Waals surface area contributed by atoms with Crippen molar-refractivity contribution in [2.75, 3.05) is 6.54 Å². The minimum absolute atomic E-state index is 0.00847. The summed E-state index contributed by atoms with van der Waals surface area (Å²) in [5.41, 5.74) is 5.02. The zero-order valence-corrected chi connectivity index (χ0v) is 24.8. The minimum Gasteiger partial charge on any atom is -0.444 e. The molecule has 3 aromatic rings. The third-order valence-corrected chi connectivity index (χ3v) is 5.81. The number of benzene rings is 2. The Morgan fingerprint density at radius 3 is 2.02 bits per heavy atom. The van der Waals surface area contributed by atoms with Crippen LogP contribution in [-0.4, -0.2) is 57.2 Å². The van der Waals surface area contributed by atoms with Gasteiger partial charge in [0.05, 0.1) is 17.8 Å². The Balaban J connectivity index is 1.80. The summed E-state index contributed by atoms with van der Waals surface area (Å²) in [5, 5.41) is 15.8. The highest BCUT2D eigenvalue weighted by molar-refractivity contribution is 5.68. The molecule has 3 rings (SSSR count). The quantitative estimate of drug-likeness (QED) is 0.280. The molecule has 0 aliphatic heterocycles. The fourth-order valence-electron chi connectivity index (χ4n) is 4.08. The summed E-state index contributed by atoms with van der Waals surface area (Å²) in [7, 11) is 0. The first kappa shape index (κ1) is 31.6. The minimum atomic E-state index is -1.06. The number of rotatable bonds is 10. The molecule has 3 N–H and O–H groups in total. The highest BCUT2D eigenvalue weighted by Crippen LogP contribution is 2.18. The van der Waals surface area contributed by atoms with Gasteiger partial charge in [-0.25, -0.2) is 14.6 Å². The third-order valence-electron chi connectivity index (χ3n) is 5.81.